The molecule has 0 N–H and O–H groups in total. The number of ether oxygens (including phenoxy) is 1. The molecule has 2 aromatic rings. The number of carbonyl (C=O) groups is 2. The summed E-state index contributed by atoms with van der Waals surface area (Å²) in [7, 11) is 1.52. The lowest BCUT2D eigenvalue weighted by Gasteiger charge is -2.37. The number of imide groups is 1. The molecule has 0 bridgehead atoms. The van der Waals surface area contributed by atoms with Crippen LogP contribution >= 0.6 is 0 Å². The number of amides is 2. The van der Waals surface area contributed by atoms with Gasteiger partial charge in [0.05, 0.1) is 18.4 Å². The molecule has 2 unspecified atom stereocenters. The smallest absolute Gasteiger partial charge is 0.282 e. The highest BCUT2D eigenvalue weighted by atomic mass is 19.1. The number of methoxy groups -OCH3 is 1. The van der Waals surface area contributed by atoms with Crippen LogP contribution in [0.1, 0.15) is 31.4 Å². The van der Waals surface area contributed by atoms with Crippen molar-refractivity contribution >= 4 is 23.1 Å². The third-order valence-electron chi connectivity index (χ3n) is 5.95. The minimum Gasteiger partial charge on any atom is -0.495 e. The van der Waals surface area contributed by atoms with Gasteiger partial charge in [0.25, 0.3) is 11.8 Å². The van der Waals surface area contributed by atoms with Gasteiger partial charge in [0, 0.05) is 13.1 Å². The predicted octanol–water partition coefficient (Wildman–Crippen LogP) is 4.41. The molecule has 5 nitrogen and oxygen atoms in total. The summed E-state index contributed by atoms with van der Waals surface area (Å²) in [5.74, 6) is 0.0794. The number of carbonyl (C=O) groups excluding carboxylic acids is 2. The van der Waals surface area contributed by atoms with Crippen LogP contribution in [-0.2, 0) is 9.59 Å². The molecule has 4 rings (SSSR count). The Hall–Kier alpha value is -3.15. The summed E-state index contributed by atoms with van der Waals surface area (Å²) < 4.78 is 19.0. The summed E-state index contributed by atoms with van der Waals surface area (Å²) in [5, 5.41) is 0. The second-order valence-electron chi connectivity index (χ2n) is 8.70. The first-order valence-electron chi connectivity index (χ1n) is 10.6. The largest absolute Gasteiger partial charge is 0.495 e. The highest BCUT2D eigenvalue weighted by Crippen LogP contribution is 2.40. The molecule has 162 valence electrons. The maximum absolute atomic E-state index is 13.7. The fraction of sp³-hybridized carbons (Fsp3) is 0.360. The maximum atomic E-state index is 13.7. The highest BCUT2D eigenvalue weighted by molar-refractivity contribution is 6.45. The average Bonchev–Trinajstić information content (AvgIpc) is 2.98. The Kier molecular flexibility index (Phi) is 5.56. The zero-order chi connectivity index (χ0) is 22.3. The van der Waals surface area contributed by atoms with Crippen molar-refractivity contribution in [3.05, 3.63) is 65.1 Å². The third kappa shape index (κ3) is 3.82. The standard InChI is InChI=1S/C25H27FN2O3/c1-15-5-10-21(31-4)20(12-15)28-24(29)22(18-6-8-19(26)9-7-18)23(25(28)30)27-13-16(2)11-17(3)14-27/h5-10,12,16-17H,11,13-14H2,1-4H3. The molecule has 2 aromatic carbocycles. The zero-order valence-corrected chi connectivity index (χ0v) is 18.3. The van der Waals surface area contributed by atoms with Crippen LogP contribution in [0.3, 0.4) is 0 Å². The summed E-state index contributed by atoms with van der Waals surface area (Å²) in [6.07, 6.45) is 1.08. The van der Waals surface area contributed by atoms with E-state index in [0.29, 0.717) is 53.2 Å². The van der Waals surface area contributed by atoms with Crippen LogP contribution in [-0.4, -0.2) is 36.9 Å². The molecule has 1 saturated heterocycles. The fourth-order valence-electron chi connectivity index (χ4n) is 4.73. The van der Waals surface area contributed by atoms with Crippen LogP contribution in [0.15, 0.2) is 48.2 Å². The summed E-state index contributed by atoms with van der Waals surface area (Å²) in [4.78, 5) is 30.6. The summed E-state index contributed by atoms with van der Waals surface area (Å²) in [6.45, 7) is 7.61. The van der Waals surface area contributed by atoms with Gasteiger partial charge in [-0.05, 0) is 60.6 Å². The maximum Gasteiger partial charge on any atom is 0.282 e. The molecule has 0 aromatic heterocycles. The second kappa shape index (κ2) is 8.17. The van der Waals surface area contributed by atoms with Crippen molar-refractivity contribution in [2.24, 2.45) is 11.8 Å². The number of likely N-dealkylation sites (tertiary alicyclic amines) is 1. The fourth-order valence-corrected chi connectivity index (χ4v) is 4.73. The van der Waals surface area contributed by atoms with E-state index < -0.39 is 5.91 Å². The predicted molar refractivity (Wildman–Crippen MR) is 118 cm³/mol. The van der Waals surface area contributed by atoms with Crippen molar-refractivity contribution in [3.63, 3.8) is 0 Å². The van der Waals surface area contributed by atoms with Crippen LogP contribution in [0, 0.1) is 24.6 Å². The molecular formula is C25H27FN2O3. The lowest BCUT2D eigenvalue weighted by Crippen LogP contribution is -2.42. The van der Waals surface area contributed by atoms with Gasteiger partial charge in [0.15, 0.2) is 0 Å². The minimum atomic E-state index is -0.415. The minimum absolute atomic E-state index is 0.315. The number of benzene rings is 2. The summed E-state index contributed by atoms with van der Waals surface area (Å²) in [5.41, 5.74) is 2.57. The Morgan fingerprint density at radius 3 is 2.23 bits per heavy atom. The Labute approximate surface area is 182 Å². The van der Waals surface area contributed by atoms with Crippen LogP contribution in [0.5, 0.6) is 5.75 Å². The normalized spacial score (nSPS) is 21.8. The number of rotatable bonds is 4. The zero-order valence-electron chi connectivity index (χ0n) is 18.3. The lowest BCUT2D eigenvalue weighted by atomic mass is 9.91. The molecule has 6 heteroatoms. The van der Waals surface area contributed by atoms with Crippen LogP contribution in [0.4, 0.5) is 10.1 Å². The Balaban J connectivity index is 1.87. The molecule has 2 amide bonds. The molecule has 1 fully saturated rings. The van der Waals surface area contributed by atoms with Crippen LogP contribution < -0.4 is 9.64 Å². The summed E-state index contributed by atoms with van der Waals surface area (Å²) >= 11 is 0. The molecular weight excluding hydrogens is 395 g/mol. The second-order valence-corrected chi connectivity index (χ2v) is 8.70. The number of piperidine rings is 1. The number of hydrogen-bond acceptors (Lipinski definition) is 4. The van der Waals surface area contributed by atoms with E-state index >= 15 is 0 Å². The first-order chi connectivity index (χ1) is 14.8. The van der Waals surface area contributed by atoms with E-state index in [9.17, 15) is 14.0 Å². The van der Waals surface area contributed by atoms with E-state index in [1.165, 1.54) is 24.1 Å². The van der Waals surface area contributed by atoms with E-state index in [-0.39, 0.29) is 11.7 Å². The van der Waals surface area contributed by atoms with Crippen molar-refractivity contribution in [2.45, 2.75) is 27.2 Å². The van der Waals surface area contributed by atoms with Crippen LogP contribution in [0.2, 0.25) is 0 Å². The molecule has 2 aliphatic heterocycles. The SMILES string of the molecule is COc1ccc(C)cc1N1C(=O)C(c2ccc(F)cc2)=C(N2CC(C)CC(C)C2)C1=O. The van der Waals surface area contributed by atoms with Gasteiger partial charge >= 0.3 is 0 Å². The van der Waals surface area contributed by atoms with E-state index in [0.717, 1.165) is 12.0 Å². The number of aryl methyl sites for hydroxylation is 1. The lowest BCUT2D eigenvalue weighted by molar-refractivity contribution is -0.120. The monoisotopic (exact) mass is 422 g/mol. The van der Waals surface area contributed by atoms with Crippen molar-refractivity contribution in [3.8, 4) is 5.75 Å². The van der Waals surface area contributed by atoms with Gasteiger partial charge < -0.3 is 9.64 Å². The van der Waals surface area contributed by atoms with Gasteiger partial charge in [-0.2, -0.15) is 0 Å². The number of anilines is 1. The van der Waals surface area contributed by atoms with E-state index in [4.69, 9.17) is 4.74 Å². The molecule has 2 aliphatic rings. The average molecular weight is 423 g/mol. The van der Waals surface area contributed by atoms with Gasteiger partial charge in [-0.25, -0.2) is 9.29 Å². The topological polar surface area (TPSA) is 49.9 Å². The van der Waals surface area contributed by atoms with Crippen LogP contribution in [0.25, 0.3) is 5.57 Å². The van der Waals surface area contributed by atoms with Gasteiger partial charge in [0.1, 0.15) is 17.3 Å². The molecule has 2 atom stereocenters. The molecule has 0 spiro atoms. The Bertz CT molecular complexity index is 1050. The van der Waals surface area contributed by atoms with E-state index in [2.05, 4.69) is 13.8 Å². The van der Waals surface area contributed by atoms with Crippen molar-refractivity contribution < 1.29 is 18.7 Å². The third-order valence-corrected chi connectivity index (χ3v) is 5.95. The van der Waals surface area contributed by atoms with Crippen molar-refractivity contribution in [1.29, 1.82) is 0 Å². The molecule has 31 heavy (non-hydrogen) atoms. The Morgan fingerprint density at radius 1 is 0.968 bits per heavy atom. The number of halogens is 1. The summed E-state index contributed by atoms with van der Waals surface area (Å²) in [6, 6.07) is 11.2. The van der Waals surface area contributed by atoms with E-state index in [1.54, 1.807) is 24.3 Å². The number of hydrogen-bond donors (Lipinski definition) is 0. The first-order valence-corrected chi connectivity index (χ1v) is 10.6. The molecule has 0 aliphatic carbocycles. The van der Waals surface area contributed by atoms with E-state index in [1.807, 2.05) is 17.9 Å². The van der Waals surface area contributed by atoms with Gasteiger partial charge in [-0.1, -0.05) is 32.0 Å². The molecule has 2 heterocycles. The van der Waals surface area contributed by atoms with Crippen molar-refractivity contribution in [2.75, 3.05) is 25.1 Å². The molecule has 0 saturated carbocycles. The number of nitrogens with zero attached hydrogens (tertiary/aromatic N) is 2. The first kappa shape index (κ1) is 21.1. The Morgan fingerprint density at radius 2 is 1.61 bits per heavy atom. The quantitative estimate of drug-likeness (QED) is 0.685. The van der Waals surface area contributed by atoms with Gasteiger partial charge in [-0.3, -0.25) is 9.59 Å². The van der Waals surface area contributed by atoms with Crippen molar-refractivity contribution in [1.82, 2.24) is 4.90 Å². The van der Waals surface area contributed by atoms with Gasteiger partial charge in [-0.15, -0.1) is 0 Å². The molecule has 0 radical (unpaired) electrons. The van der Waals surface area contributed by atoms with Gasteiger partial charge in [0.2, 0.25) is 0 Å². The highest BCUT2D eigenvalue weighted by Gasteiger charge is 2.44.